The van der Waals surface area contributed by atoms with Gasteiger partial charge in [-0.15, -0.1) is 0 Å². The van der Waals surface area contributed by atoms with Gasteiger partial charge in [0.2, 0.25) is 0 Å². The van der Waals surface area contributed by atoms with E-state index >= 15 is 0 Å². The van der Waals surface area contributed by atoms with E-state index in [1.54, 1.807) is 0 Å². The molecule has 1 rings (SSSR count). The number of hydrazone groups is 1. The summed E-state index contributed by atoms with van der Waals surface area (Å²) in [4.78, 5) is 0. The van der Waals surface area contributed by atoms with E-state index in [0.29, 0.717) is 0 Å². The molecule has 0 radical (unpaired) electrons. The summed E-state index contributed by atoms with van der Waals surface area (Å²) < 4.78 is 0. The number of thiocarbonyl (C=S) groups is 1. The molecule has 1 saturated carbocycles. The number of hydrogen-bond donors (Lipinski definition) is 7. The van der Waals surface area contributed by atoms with Crippen LogP contribution in [0.5, 0.6) is 0 Å². The van der Waals surface area contributed by atoms with Crippen LogP contribution in [-0.2, 0) is 0 Å². The zero-order valence-corrected chi connectivity index (χ0v) is 8.87. The van der Waals surface area contributed by atoms with Crippen LogP contribution in [0, 0.1) is 0 Å². The van der Waals surface area contributed by atoms with Gasteiger partial charge in [-0.3, -0.25) is 5.43 Å². The van der Waals surface area contributed by atoms with Crippen molar-refractivity contribution in [3.63, 3.8) is 0 Å². The van der Waals surface area contributed by atoms with Crippen molar-refractivity contribution < 1.29 is 25.5 Å². The predicted molar refractivity (Wildman–Crippen MR) is 57.4 cm³/mol. The average molecular weight is 251 g/mol. The van der Waals surface area contributed by atoms with Gasteiger partial charge in [0.25, 0.3) is 0 Å². The van der Waals surface area contributed by atoms with E-state index in [0.717, 1.165) is 0 Å². The quantitative estimate of drug-likeness (QED) is 0.184. The van der Waals surface area contributed by atoms with Gasteiger partial charge in [-0.2, -0.15) is 5.10 Å². The molecule has 1 aliphatic rings. The lowest BCUT2D eigenvalue weighted by Crippen LogP contribution is -2.62. The maximum atomic E-state index is 9.47. The first-order valence-corrected chi connectivity index (χ1v) is 4.80. The van der Waals surface area contributed by atoms with Crippen molar-refractivity contribution in [1.29, 1.82) is 0 Å². The normalized spacial score (nSPS) is 42.1. The Morgan fingerprint density at radius 2 is 1.50 bits per heavy atom. The molecule has 5 atom stereocenters. The van der Waals surface area contributed by atoms with E-state index in [1.165, 1.54) is 0 Å². The van der Waals surface area contributed by atoms with Gasteiger partial charge in [0, 0.05) is 0 Å². The molecule has 0 bridgehead atoms. The minimum atomic E-state index is -1.66. The van der Waals surface area contributed by atoms with Crippen LogP contribution in [0.4, 0.5) is 0 Å². The molecule has 0 spiro atoms. The van der Waals surface area contributed by atoms with Crippen LogP contribution in [0.3, 0.4) is 0 Å². The molecule has 8 N–H and O–H groups in total. The number of rotatable bonds is 1. The molecule has 0 aromatic heterocycles. The Balaban J connectivity index is 2.90. The molecule has 0 aromatic carbocycles. The summed E-state index contributed by atoms with van der Waals surface area (Å²) in [6.07, 6.45) is -8.19. The molecule has 8 nitrogen and oxygen atoms in total. The van der Waals surface area contributed by atoms with Gasteiger partial charge in [-0.05, 0) is 12.2 Å². The van der Waals surface area contributed by atoms with Crippen molar-refractivity contribution in [2.75, 3.05) is 0 Å². The number of aliphatic hydroxyl groups is 5. The first kappa shape index (κ1) is 13.2. The number of nitrogens with two attached hydrogens (primary N) is 1. The number of nitrogens with one attached hydrogen (secondary N) is 1. The second-order valence-electron chi connectivity index (χ2n) is 3.37. The molecular weight excluding hydrogens is 238 g/mol. The summed E-state index contributed by atoms with van der Waals surface area (Å²) in [6, 6.07) is 0. The van der Waals surface area contributed by atoms with Crippen molar-refractivity contribution in [2.24, 2.45) is 10.8 Å². The summed E-state index contributed by atoms with van der Waals surface area (Å²) >= 11 is 4.45. The molecule has 0 aromatic rings. The maximum absolute atomic E-state index is 9.47. The fourth-order valence-corrected chi connectivity index (χ4v) is 1.40. The average Bonchev–Trinajstić information content (AvgIpc) is 2.23. The van der Waals surface area contributed by atoms with Crippen LogP contribution < -0.4 is 11.2 Å². The number of aliphatic hydroxyl groups excluding tert-OH is 5. The van der Waals surface area contributed by atoms with Gasteiger partial charge in [0.15, 0.2) is 5.11 Å². The Morgan fingerprint density at radius 3 is 1.88 bits per heavy atom. The van der Waals surface area contributed by atoms with Crippen molar-refractivity contribution >= 4 is 23.0 Å². The highest BCUT2D eigenvalue weighted by molar-refractivity contribution is 7.80. The Morgan fingerprint density at radius 1 is 1.06 bits per heavy atom. The number of nitrogens with zero attached hydrogens (tertiary/aromatic N) is 1. The fraction of sp³-hybridized carbons (Fsp3) is 0.714. The molecular formula is C7H13N3O5S. The Kier molecular flexibility index (Phi) is 4.13. The van der Waals surface area contributed by atoms with E-state index in [9.17, 15) is 25.5 Å². The topological polar surface area (TPSA) is 152 Å². The molecule has 16 heavy (non-hydrogen) atoms. The van der Waals surface area contributed by atoms with Gasteiger partial charge in [0.1, 0.15) is 36.2 Å². The largest absolute Gasteiger partial charge is 0.387 e. The summed E-state index contributed by atoms with van der Waals surface area (Å²) in [5, 5.41) is 50.1. The third kappa shape index (κ3) is 2.45. The smallest absolute Gasteiger partial charge is 0.184 e. The van der Waals surface area contributed by atoms with Crippen molar-refractivity contribution in [3.05, 3.63) is 0 Å². The number of hydrogen-bond acceptors (Lipinski definition) is 7. The van der Waals surface area contributed by atoms with Gasteiger partial charge < -0.3 is 31.3 Å². The van der Waals surface area contributed by atoms with E-state index < -0.39 is 30.5 Å². The highest BCUT2D eigenvalue weighted by Crippen LogP contribution is 2.18. The van der Waals surface area contributed by atoms with Crippen molar-refractivity contribution in [3.8, 4) is 0 Å². The SMILES string of the molecule is NC(=S)NN=C1[C@@H](O)[C@H](O)C(O)[C@@H](O)[C@H]1O. The molecule has 1 fully saturated rings. The molecule has 0 heterocycles. The monoisotopic (exact) mass is 251 g/mol. The van der Waals surface area contributed by atoms with Crippen molar-refractivity contribution in [1.82, 2.24) is 5.43 Å². The molecule has 1 unspecified atom stereocenters. The van der Waals surface area contributed by atoms with E-state index in [-0.39, 0.29) is 10.8 Å². The van der Waals surface area contributed by atoms with Crippen LogP contribution in [0.25, 0.3) is 0 Å². The lowest BCUT2D eigenvalue weighted by molar-refractivity contribution is -0.130. The standard InChI is InChI=1S/C7H13N3O5S/c8-7(16)10-9-1-2(11)4(13)6(15)5(14)3(1)12/h2-6,11-15H,(H3,8,10,16)/t2-,3+,4-,5-,6?/m0/s1. The highest BCUT2D eigenvalue weighted by Gasteiger charge is 2.46. The van der Waals surface area contributed by atoms with E-state index in [4.69, 9.17) is 5.73 Å². The zero-order valence-electron chi connectivity index (χ0n) is 8.06. The molecule has 1 aliphatic carbocycles. The second-order valence-corrected chi connectivity index (χ2v) is 3.81. The highest BCUT2D eigenvalue weighted by atomic mass is 32.1. The van der Waals surface area contributed by atoms with Crippen LogP contribution in [0.15, 0.2) is 5.10 Å². The first-order valence-electron chi connectivity index (χ1n) is 4.39. The molecule has 0 aliphatic heterocycles. The minimum Gasteiger partial charge on any atom is -0.387 e. The third-order valence-corrected chi connectivity index (χ3v) is 2.34. The zero-order chi connectivity index (χ0) is 12.5. The van der Waals surface area contributed by atoms with Crippen LogP contribution in [0.1, 0.15) is 0 Å². The van der Waals surface area contributed by atoms with Crippen molar-refractivity contribution in [2.45, 2.75) is 30.5 Å². The summed E-state index contributed by atoms with van der Waals surface area (Å²) in [7, 11) is 0. The van der Waals surface area contributed by atoms with Crippen LogP contribution >= 0.6 is 12.2 Å². The van der Waals surface area contributed by atoms with Gasteiger partial charge in [-0.25, -0.2) is 0 Å². The van der Waals surface area contributed by atoms with Crippen LogP contribution in [-0.4, -0.2) is 66.9 Å². The van der Waals surface area contributed by atoms with Gasteiger partial charge in [-0.1, -0.05) is 0 Å². The molecule has 0 amide bonds. The minimum absolute atomic E-state index is 0.206. The molecule has 9 heteroatoms. The molecule has 0 saturated heterocycles. The summed E-state index contributed by atoms with van der Waals surface area (Å²) in [6.45, 7) is 0. The fourth-order valence-electron chi connectivity index (χ4n) is 1.35. The molecule has 92 valence electrons. The van der Waals surface area contributed by atoms with Crippen LogP contribution in [0.2, 0.25) is 0 Å². The van der Waals surface area contributed by atoms with Gasteiger partial charge >= 0.3 is 0 Å². The second kappa shape index (κ2) is 4.99. The predicted octanol–water partition coefficient (Wildman–Crippen LogP) is -4.01. The summed E-state index contributed by atoms with van der Waals surface area (Å²) in [5.74, 6) is 0. The lowest BCUT2D eigenvalue weighted by Gasteiger charge is -2.36. The maximum Gasteiger partial charge on any atom is 0.184 e. The first-order chi connectivity index (χ1) is 7.36. The summed E-state index contributed by atoms with van der Waals surface area (Å²) in [5.41, 5.74) is 6.83. The van der Waals surface area contributed by atoms with E-state index in [1.807, 2.05) is 0 Å². The van der Waals surface area contributed by atoms with E-state index in [2.05, 4.69) is 22.7 Å². The Labute approximate surface area is 96.0 Å². The Bertz CT molecular complexity index is 294. The third-order valence-electron chi connectivity index (χ3n) is 2.25. The lowest BCUT2D eigenvalue weighted by atomic mass is 9.86. The van der Waals surface area contributed by atoms with Gasteiger partial charge in [0.05, 0.1) is 0 Å². The Hall–Kier alpha value is -0.840.